The molecule has 2 rings (SSSR count). The average molecular weight is 270 g/mol. The van der Waals surface area contributed by atoms with E-state index in [0.29, 0.717) is 6.04 Å². The number of hydrogen-bond acceptors (Lipinski definition) is 2. The quantitative estimate of drug-likeness (QED) is 0.822. The molecule has 1 fully saturated rings. The third kappa shape index (κ3) is 4.61. The van der Waals surface area contributed by atoms with Gasteiger partial charge in [0.1, 0.15) is 0 Å². The minimum absolute atomic E-state index is 0.160. The second-order valence-corrected chi connectivity index (χ2v) is 7.02. The van der Waals surface area contributed by atoms with Gasteiger partial charge in [0.25, 0.3) is 0 Å². The normalized spacial score (nSPS) is 22.6. The predicted molar refractivity (Wildman–Crippen MR) is 88.3 cm³/mol. The topological polar surface area (TPSA) is 24.4 Å². The molecule has 1 saturated heterocycles. The van der Waals surface area contributed by atoms with Crippen LogP contribution in [0.15, 0.2) is 41.4 Å². The Bertz CT molecular complexity index is 467. The average Bonchev–Trinajstić information content (AvgIpc) is 2.32. The number of hydrogen-bond donors (Lipinski definition) is 1. The summed E-state index contributed by atoms with van der Waals surface area (Å²) in [6, 6.07) is 10.7. The Morgan fingerprint density at radius 2 is 1.65 bits per heavy atom. The molecule has 0 atom stereocenters. The van der Waals surface area contributed by atoms with Crippen molar-refractivity contribution < 1.29 is 0 Å². The molecule has 1 aliphatic heterocycles. The SMILES string of the molecule is CC1(C)CC(N=CC=Cc2ccccc2)CC(C)(C)N1. The highest BCUT2D eigenvalue weighted by atomic mass is 15.1. The Morgan fingerprint density at radius 3 is 2.25 bits per heavy atom. The lowest BCUT2D eigenvalue weighted by atomic mass is 9.80. The lowest BCUT2D eigenvalue weighted by Crippen LogP contribution is -2.58. The highest BCUT2D eigenvalue weighted by molar-refractivity contribution is 5.78. The Kier molecular flexibility index (Phi) is 4.44. The van der Waals surface area contributed by atoms with E-state index in [4.69, 9.17) is 4.99 Å². The molecule has 0 bridgehead atoms. The third-order valence-electron chi connectivity index (χ3n) is 3.64. The van der Waals surface area contributed by atoms with Crippen LogP contribution in [0.3, 0.4) is 0 Å². The van der Waals surface area contributed by atoms with Gasteiger partial charge in [-0.15, -0.1) is 0 Å². The molecule has 108 valence electrons. The molecule has 20 heavy (non-hydrogen) atoms. The van der Waals surface area contributed by atoms with Crippen LogP contribution in [-0.4, -0.2) is 23.3 Å². The van der Waals surface area contributed by atoms with E-state index in [1.165, 1.54) is 5.56 Å². The van der Waals surface area contributed by atoms with Gasteiger partial charge in [0.05, 0.1) is 6.04 Å². The number of piperidine rings is 1. The van der Waals surface area contributed by atoms with Crippen molar-refractivity contribution in [2.45, 2.75) is 57.7 Å². The van der Waals surface area contributed by atoms with Crippen LogP contribution in [0, 0.1) is 0 Å². The van der Waals surface area contributed by atoms with Crippen molar-refractivity contribution in [3.63, 3.8) is 0 Å². The van der Waals surface area contributed by atoms with Crippen molar-refractivity contribution in [2.24, 2.45) is 4.99 Å². The van der Waals surface area contributed by atoms with E-state index in [9.17, 15) is 0 Å². The van der Waals surface area contributed by atoms with Crippen molar-refractivity contribution in [1.82, 2.24) is 5.32 Å². The van der Waals surface area contributed by atoms with Crippen molar-refractivity contribution in [1.29, 1.82) is 0 Å². The smallest absolute Gasteiger partial charge is 0.0534 e. The number of rotatable bonds is 3. The Labute approximate surface area is 123 Å². The molecular formula is C18H26N2. The van der Waals surface area contributed by atoms with Gasteiger partial charge >= 0.3 is 0 Å². The summed E-state index contributed by atoms with van der Waals surface area (Å²) in [4.78, 5) is 4.74. The van der Waals surface area contributed by atoms with Crippen LogP contribution in [0.4, 0.5) is 0 Å². The molecule has 1 aliphatic rings. The van der Waals surface area contributed by atoms with E-state index in [-0.39, 0.29) is 11.1 Å². The maximum atomic E-state index is 4.74. The summed E-state index contributed by atoms with van der Waals surface area (Å²) in [7, 11) is 0. The number of nitrogens with one attached hydrogen (secondary N) is 1. The van der Waals surface area contributed by atoms with Crippen molar-refractivity contribution in [3.05, 3.63) is 42.0 Å². The summed E-state index contributed by atoms with van der Waals surface area (Å²) in [5.74, 6) is 0. The lowest BCUT2D eigenvalue weighted by molar-refractivity contribution is 0.164. The molecule has 0 saturated carbocycles. The van der Waals surface area contributed by atoms with E-state index in [2.05, 4.69) is 63.4 Å². The summed E-state index contributed by atoms with van der Waals surface area (Å²) in [6.45, 7) is 9.04. The molecular weight excluding hydrogens is 244 g/mol. The first-order chi connectivity index (χ1) is 9.36. The van der Waals surface area contributed by atoms with E-state index < -0.39 is 0 Å². The molecule has 2 heteroatoms. The minimum atomic E-state index is 0.160. The highest BCUT2D eigenvalue weighted by Crippen LogP contribution is 2.30. The Balaban J connectivity index is 1.96. The van der Waals surface area contributed by atoms with Gasteiger partial charge in [-0.25, -0.2) is 0 Å². The number of nitrogens with zero attached hydrogens (tertiary/aromatic N) is 1. The van der Waals surface area contributed by atoms with Gasteiger partial charge < -0.3 is 5.32 Å². The van der Waals surface area contributed by atoms with E-state index in [1.807, 2.05) is 18.4 Å². The highest BCUT2D eigenvalue weighted by Gasteiger charge is 2.37. The molecule has 1 aromatic rings. The van der Waals surface area contributed by atoms with E-state index >= 15 is 0 Å². The van der Waals surface area contributed by atoms with Crippen LogP contribution in [0.1, 0.15) is 46.1 Å². The zero-order chi connectivity index (χ0) is 14.6. The second-order valence-electron chi connectivity index (χ2n) is 7.02. The van der Waals surface area contributed by atoms with Crippen molar-refractivity contribution in [3.8, 4) is 0 Å². The summed E-state index contributed by atoms with van der Waals surface area (Å²) in [5, 5.41) is 3.69. The fraction of sp³-hybridized carbons (Fsp3) is 0.500. The summed E-state index contributed by atoms with van der Waals surface area (Å²) < 4.78 is 0. The first kappa shape index (κ1) is 15.0. The first-order valence-corrected chi connectivity index (χ1v) is 7.41. The predicted octanol–water partition coefficient (Wildman–Crippen LogP) is 4.08. The van der Waals surface area contributed by atoms with Crippen LogP contribution in [0.2, 0.25) is 0 Å². The maximum absolute atomic E-state index is 4.74. The third-order valence-corrected chi connectivity index (χ3v) is 3.64. The molecule has 0 radical (unpaired) electrons. The molecule has 0 aliphatic carbocycles. The van der Waals surface area contributed by atoms with Crippen molar-refractivity contribution >= 4 is 12.3 Å². The van der Waals surface area contributed by atoms with Gasteiger partial charge in [-0.3, -0.25) is 4.99 Å². The molecule has 0 unspecified atom stereocenters. The molecule has 2 nitrogen and oxygen atoms in total. The Hall–Kier alpha value is -1.41. The van der Waals surface area contributed by atoms with Gasteiger partial charge in [-0.05, 0) is 52.2 Å². The van der Waals surface area contributed by atoms with Gasteiger partial charge in [-0.2, -0.15) is 0 Å². The zero-order valence-electron chi connectivity index (χ0n) is 13.1. The van der Waals surface area contributed by atoms with Gasteiger partial charge in [0, 0.05) is 17.3 Å². The van der Waals surface area contributed by atoms with E-state index in [0.717, 1.165) is 12.8 Å². The van der Waals surface area contributed by atoms with Crippen LogP contribution in [-0.2, 0) is 0 Å². The molecule has 1 aromatic carbocycles. The summed E-state index contributed by atoms with van der Waals surface area (Å²) in [5.41, 5.74) is 1.53. The van der Waals surface area contributed by atoms with Crippen LogP contribution in [0.25, 0.3) is 6.08 Å². The zero-order valence-corrected chi connectivity index (χ0v) is 13.1. The fourth-order valence-corrected chi connectivity index (χ4v) is 3.26. The maximum Gasteiger partial charge on any atom is 0.0534 e. The molecule has 0 spiro atoms. The Morgan fingerprint density at radius 1 is 1.05 bits per heavy atom. The summed E-state index contributed by atoms with van der Waals surface area (Å²) >= 11 is 0. The molecule has 1 N–H and O–H groups in total. The minimum Gasteiger partial charge on any atom is -0.307 e. The summed E-state index contributed by atoms with van der Waals surface area (Å²) in [6.07, 6.45) is 8.27. The standard InChI is InChI=1S/C18H26N2/c1-17(2)13-16(14-18(3,4)20-17)19-12-8-11-15-9-6-5-7-10-15/h5-12,16,20H,13-14H2,1-4H3. The van der Waals surface area contributed by atoms with Gasteiger partial charge in [0.15, 0.2) is 0 Å². The van der Waals surface area contributed by atoms with E-state index in [1.54, 1.807) is 0 Å². The van der Waals surface area contributed by atoms with Crippen molar-refractivity contribution in [2.75, 3.05) is 0 Å². The molecule has 0 aromatic heterocycles. The number of benzene rings is 1. The molecule has 1 heterocycles. The second kappa shape index (κ2) is 5.92. The van der Waals surface area contributed by atoms with Crippen LogP contribution in [0.5, 0.6) is 0 Å². The lowest BCUT2D eigenvalue weighted by Gasteiger charge is -2.45. The van der Waals surface area contributed by atoms with Crippen LogP contribution >= 0.6 is 0 Å². The number of allylic oxidation sites excluding steroid dienone is 1. The van der Waals surface area contributed by atoms with Crippen LogP contribution < -0.4 is 5.32 Å². The fourth-order valence-electron chi connectivity index (χ4n) is 3.26. The van der Waals surface area contributed by atoms with Gasteiger partial charge in [-0.1, -0.05) is 36.4 Å². The first-order valence-electron chi connectivity index (χ1n) is 7.41. The number of aliphatic imine (C=N–C) groups is 1. The molecule has 0 amide bonds. The monoisotopic (exact) mass is 270 g/mol. The van der Waals surface area contributed by atoms with Gasteiger partial charge in [0.2, 0.25) is 0 Å². The largest absolute Gasteiger partial charge is 0.307 e.